The lowest BCUT2D eigenvalue weighted by molar-refractivity contribution is -0.128. The minimum Gasteiger partial charge on any atom is -0.369 e. The van der Waals surface area contributed by atoms with Crippen LogP contribution in [0.4, 0.5) is 0 Å². The third kappa shape index (κ3) is 1.78. The molecule has 12 heavy (non-hydrogen) atoms. The van der Waals surface area contributed by atoms with Crippen LogP contribution in [0.3, 0.4) is 0 Å². The number of carbonyl (C=O) groups excluding carboxylic acids is 1. The van der Waals surface area contributed by atoms with E-state index in [2.05, 4.69) is 12.2 Å². The van der Waals surface area contributed by atoms with Crippen molar-refractivity contribution in [1.29, 1.82) is 0 Å². The molecule has 0 spiro atoms. The molecule has 1 unspecified atom stereocenters. The highest BCUT2D eigenvalue weighted by atomic mass is 16.1. The van der Waals surface area contributed by atoms with Gasteiger partial charge < -0.3 is 11.1 Å². The second kappa shape index (κ2) is 3.90. The third-order valence-electron chi connectivity index (χ3n) is 2.99. The Hall–Kier alpha value is -0.570. The fourth-order valence-electron chi connectivity index (χ4n) is 1.90. The van der Waals surface area contributed by atoms with Gasteiger partial charge in [0, 0.05) is 5.41 Å². The number of amides is 1. The van der Waals surface area contributed by atoms with E-state index < -0.39 is 0 Å². The predicted octanol–water partition coefficient (Wildman–Crippen LogP) is 0.642. The van der Waals surface area contributed by atoms with Crippen LogP contribution in [-0.4, -0.2) is 19.0 Å². The summed E-state index contributed by atoms with van der Waals surface area (Å²) in [5.74, 6) is -0.117. The molecule has 3 N–H and O–H groups in total. The van der Waals surface area contributed by atoms with Gasteiger partial charge in [0.25, 0.3) is 0 Å². The van der Waals surface area contributed by atoms with E-state index in [4.69, 9.17) is 5.73 Å². The highest BCUT2D eigenvalue weighted by molar-refractivity contribution is 5.80. The minimum absolute atomic E-state index is 0.117. The first-order valence-electron chi connectivity index (χ1n) is 4.72. The van der Waals surface area contributed by atoms with Crippen LogP contribution in [0.1, 0.15) is 32.6 Å². The van der Waals surface area contributed by atoms with Gasteiger partial charge >= 0.3 is 0 Å². The fourth-order valence-corrected chi connectivity index (χ4v) is 1.90. The molecule has 1 rings (SSSR count). The van der Waals surface area contributed by atoms with Crippen molar-refractivity contribution in [2.45, 2.75) is 32.6 Å². The Morgan fingerprint density at radius 3 is 2.83 bits per heavy atom. The highest BCUT2D eigenvalue weighted by Crippen LogP contribution is 2.32. The largest absolute Gasteiger partial charge is 0.369 e. The Labute approximate surface area is 73.7 Å². The summed E-state index contributed by atoms with van der Waals surface area (Å²) in [7, 11) is 0. The number of rotatable bonds is 2. The molecule has 0 aromatic heterocycles. The molecule has 0 bridgehead atoms. The van der Waals surface area contributed by atoms with Crippen LogP contribution >= 0.6 is 0 Å². The quantitative estimate of drug-likeness (QED) is 0.639. The molecule has 1 atom stereocenters. The Kier molecular flexibility index (Phi) is 3.09. The first-order chi connectivity index (χ1) is 5.71. The van der Waals surface area contributed by atoms with Gasteiger partial charge in [0.15, 0.2) is 0 Å². The second-order valence-corrected chi connectivity index (χ2v) is 3.60. The maximum Gasteiger partial charge on any atom is 0.223 e. The highest BCUT2D eigenvalue weighted by Gasteiger charge is 2.34. The Bertz CT molecular complexity index is 160. The lowest BCUT2D eigenvalue weighted by Crippen LogP contribution is -2.37. The van der Waals surface area contributed by atoms with E-state index >= 15 is 0 Å². The predicted molar refractivity (Wildman–Crippen MR) is 48.6 cm³/mol. The molecule has 1 aliphatic heterocycles. The average molecular weight is 170 g/mol. The van der Waals surface area contributed by atoms with Gasteiger partial charge in [0.05, 0.1) is 0 Å². The van der Waals surface area contributed by atoms with E-state index in [0.29, 0.717) is 0 Å². The molecule has 70 valence electrons. The van der Waals surface area contributed by atoms with Crippen molar-refractivity contribution in [2.24, 2.45) is 11.1 Å². The summed E-state index contributed by atoms with van der Waals surface area (Å²) in [6.07, 6.45) is 3.80. The van der Waals surface area contributed by atoms with Gasteiger partial charge in [-0.25, -0.2) is 0 Å². The standard InChI is InChI=1S/C9H18N2O/c1-2-9(8(10)12)4-3-6-11-7-5-9/h11H,2-7H2,1H3,(H2,10,12). The van der Waals surface area contributed by atoms with Gasteiger partial charge in [-0.1, -0.05) is 6.92 Å². The summed E-state index contributed by atoms with van der Waals surface area (Å²) in [6, 6.07) is 0. The van der Waals surface area contributed by atoms with Crippen LogP contribution in [-0.2, 0) is 4.79 Å². The van der Waals surface area contributed by atoms with Gasteiger partial charge in [-0.05, 0) is 38.8 Å². The Balaban J connectivity index is 2.68. The Morgan fingerprint density at radius 1 is 1.50 bits per heavy atom. The normalized spacial score (nSPS) is 31.1. The summed E-state index contributed by atoms with van der Waals surface area (Å²) in [5, 5.41) is 3.28. The van der Waals surface area contributed by atoms with Gasteiger partial charge in [-0.2, -0.15) is 0 Å². The van der Waals surface area contributed by atoms with E-state index in [9.17, 15) is 4.79 Å². The number of carbonyl (C=O) groups is 1. The zero-order valence-electron chi connectivity index (χ0n) is 7.73. The number of nitrogens with one attached hydrogen (secondary N) is 1. The van der Waals surface area contributed by atoms with Crippen molar-refractivity contribution in [1.82, 2.24) is 5.32 Å². The summed E-state index contributed by atoms with van der Waals surface area (Å²) in [5.41, 5.74) is 5.20. The molecular weight excluding hydrogens is 152 g/mol. The van der Waals surface area contributed by atoms with Crippen molar-refractivity contribution in [3.63, 3.8) is 0 Å². The molecule has 3 heteroatoms. The van der Waals surface area contributed by atoms with E-state index in [1.165, 1.54) is 0 Å². The lowest BCUT2D eigenvalue weighted by Gasteiger charge is -2.27. The molecule has 0 aromatic carbocycles. The number of nitrogens with two attached hydrogens (primary N) is 1. The molecule has 1 heterocycles. The van der Waals surface area contributed by atoms with E-state index in [1.54, 1.807) is 0 Å². The molecule has 0 aliphatic carbocycles. The van der Waals surface area contributed by atoms with E-state index in [-0.39, 0.29) is 11.3 Å². The molecule has 0 aromatic rings. The van der Waals surface area contributed by atoms with E-state index in [0.717, 1.165) is 38.8 Å². The number of primary amides is 1. The molecular formula is C9H18N2O. The Morgan fingerprint density at radius 2 is 2.25 bits per heavy atom. The molecule has 0 radical (unpaired) electrons. The summed E-state index contributed by atoms with van der Waals surface area (Å²) in [6.45, 7) is 4.00. The molecule has 1 amide bonds. The van der Waals surface area contributed by atoms with E-state index in [1.807, 2.05) is 0 Å². The van der Waals surface area contributed by atoms with Gasteiger partial charge in [0.1, 0.15) is 0 Å². The maximum atomic E-state index is 11.3. The first-order valence-corrected chi connectivity index (χ1v) is 4.72. The van der Waals surface area contributed by atoms with Gasteiger partial charge in [0.2, 0.25) is 5.91 Å². The zero-order valence-corrected chi connectivity index (χ0v) is 7.73. The maximum absolute atomic E-state index is 11.3. The molecule has 0 saturated carbocycles. The zero-order chi connectivity index (χ0) is 9.03. The van der Waals surface area contributed by atoms with Crippen molar-refractivity contribution < 1.29 is 4.79 Å². The molecule has 3 nitrogen and oxygen atoms in total. The number of hydrogen-bond donors (Lipinski definition) is 2. The van der Waals surface area contributed by atoms with Crippen molar-refractivity contribution in [2.75, 3.05) is 13.1 Å². The molecule has 1 fully saturated rings. The van der Waals surface area contributed by atoms with Crippen molar-refractivity contribution in [3.8, 4) is 0 Å². The first kappa shape index (κ1) is 9.52. The van der Waals surface area contributed by atoms with Gasteiger partial charge in [-0.3, -0.25) is 4.79 Å². The number of hydrogen-bond acceptors (Lipinski definition) is 2. The summed E-state index contributed by atoms with van der Waals surface area (Å²) < 4.78 is 0. The second-order valence-electron chi connectivity index (χ2n) is 3.60. The average Bonchev–Trinajstić information content (AvgIpc) is 2.29. The lowest BCUT2D eigenvalue weighted by atomic mass is 9.78. The van der Waals surface area contributed by atoms with Gasteiger partial charge in [-0.15, -0.1) is 0 Å². The van der Waals surface area contributed by atoms with Crippen LogP contribution in [0.15, 0.2) is 0 Å². The van der Waals surface area contributed by atoms with Crippen molar-refractivity contribution in [3.05, 3.63) is 0 Å². The monoisotopic (exact) mass is 170 g/mol. The SMILES string of the molecule is CCC1(C(N)=O)CCCNCC1. The van der Waals surface area contributed by atoms with Crippen molar-refractivity contribution >= 4 is 5.91 Å². The van der Waals surface area contributed by atoms with Crippen LogP contribution in [0, 0.1) is 5.41 Å². The van der Waals surface area contributed by atoms with Crippen LogP contribution in [0.25, 0.3) is 0 Å². The summed E-state index contributed by atoms with van der Waals surface area (Å²) in [4.78, 5) is 11.3. The van der Waals surface area contributed by atoms with Crippen LogP contribution in [0.2, 0.25) is 0 Å². The summed E-state index contributed by atoms with van der Waals surface area (Å²) >= 11 is 0. The van der Waals surface area contributed by atoms with Crippen LogP contribution < -0.4 is 11.1 Å². The smallest absolute Gasteiger partial charge is 0.223 e. The topological polar surface area (TPSA) is 55.1 Å². The fraction of sp³-hybridized carbons (Fsp3) is 0.889. The van der Waals surface area contributed by atoms with Crippen LogP contribution in [0.5, 0.6) is 0 Å². The molecule has 1 aliphatic rings. The third-order valence-corrected chi connectivity index (χ3v) is 2.99. The molecule has 1 saturated heterocycles. The minimum atomic E-state index is -0.219.